The third-order valence-electron chi connectivity index (χ3n) is 3.88. The zero-order valence-electron chi connectivity index (χ0n) is 14.2. The Kier molecular flexibility index (Phi) is 9.98. The van der Waals surface area contributed by atoms with Gasteiger partial charge in [0.05, 0.1) is 6.61 Å². The minimum absolute atomic E-state index is 0.469. The molecule has 0 spiro atoms. The lowest BCUT2D eigenvalue weighted by Gasteiger charge is -2.18. The number of hydrogen-bond acceptors (Lipinski definition) is 2. The van der Waals surface area contributed by atoms with Gasteiger partial charge in [0.15, 0.2) is 0 Å². The second-order valence-electron chi connectivity index (χ2n) is 5.75. The van der Waals surface area contributed by atoms with Crippen LogP contribution in [0, 0.1) is 0 Å². The number of benzene rings is 1. The molecule has 0 radical (unpaired) electrons. The number of unbranched alkanes of at least 4 members (excludes halogenated alkanes) is 4. The first-order valence-electron chi connectivity index (χ1n) is 8.77. The molecule has 1 N–H and O–H groups in total. The Balaban J connectivity index is 2.38. The first-order chi connectivity index (χ1) is 10.3. The van der Waals surface area contributed by atoms with Gasteiger partial charge in [-0.25, -0.2) is 0 Å². The van der Waals surface area contributed by atoms with E-state index in [1.165, 1.54) is 37.7 Å². The van der Waals surface area contributed by atoms with Gasteiger partial charge < -0.3 is 10.1 Å². The molecular formula is C19H33NO. The van der Waals surface area contributed by atoms with Gasteiger partial charge in [-0.3, -0.25) is 0 Å². The predicted octanol–water partition coefficient (Wildman–Crippen LogP) is 5.49. The van der Waals surface area contributed by atoms with Crippen LogP contribution in [0.1, 0.15) is 77.3 Å². The second kappa shape index (κ2) is 11.6. The van der Waals surface area contributed by atoms with Crippen LogP contribution in [0.15, 0.2) is 24.3 Å². The summed E-state index contributed by atoms with van der Waals surface area (Å²) in [4.78, 5) is 0. The van der Waals surface area contributed by atoms with Crippen LogP contribution in [0.25, 0.3) is 0 Å². The van der Waals surface area contributed by atoms with Crippen molar-refractivity contribution in [3.05, 3.63) is 29.8 Å². The van der Waals surface area contributed by atoms with Crippen molar-refractivity contribution in [1.29, 1.82) is 0 Å². The molecule has 1 aromatic rings. The van der Waals surface area contributed by atoms with Crippen LogP contribution >= 0.6 is 0 Å². The van der Waals surface area contributed by atoms with Crippen LogP contribution in [-0.4, -0.2) is 13.2 Å². The summed E-state index contributed by atoms with van der Waals surface area (Å²) in [5.41, 5.74) is 1.37. The van der Waals surface area contributed by atoms with E-state index in [0.29, 0.717) is 6.04 Å². The quantitative estimate of drug-likeness (QED) is 0.514. The molecule has 1 atom stereocenters. The van der Waals surface area contributed by atoms with E-state index in [0.717, 1.165) is 31.7 Å². The van der Waals surface area contributed by atoms with Crippen LogP contribution in [0.3, 0.4) is 0 Å². The summed E-state index contributed by atoms with van der Waals surface area (Å²) >= 11 is 0. The van der Waals surface area contributed by atoms with E-state index in [-0.39, 0.29) is 0 Å². The summed E-state index contributed by atoms with van der Waals surface area (Å²) in [5.74, 6) is 0.991. The largest absolute Gasteiger partial charge is 0.494 e. The van der Waals surface area contributed by atoms with Crippen molar-refractivity contribution >= 4 is 0 Å². The minimum atomic E-state index is 0.469. The Morgan fingerprint density at radius 2 is 1.62 bits per heavy atom. The lowest BCUT2D eigenvalue weighted by Crippen LogP contribution is -2.21. The first kappa shape index (κ1) is 18.0. The molecule has 120 valence electrons. The van der Waals surface area contributed by atoms with E-state index in [9.17, 15) is 0 Å². The lowest BCUT2D eigenvalue weighted by molar-refractivity contribution is 0.309. The highest BCUT2D eigenvalue weighted by Crippen LogP contribution is 2.20. The van der Waals surface area contributed by atoms with Crippen molar-refractivity contribution < 1.29 is 4.74 Å². The van der Waals surface area contributed by atoms with Gasteiger partial charge in [0.2, 0.25) is 0 Å². The van der Waals surface area contributed by atoms with Crippen molar-refractivity contribution in [3.63, 3.8) is 0 Å². The van der Waals surface area contributed by atoms with Gasteiger partial charge in [0, 0.05) is 6.04 Å². The predicted molar refractivity (Wildman–Crippen MR) is 92.0 cm³/mol. The topological polar surface area (TPSA) is 21.3 Å². The molecule has 1 aromatic carbocycles. The van der Waals surface area contributed by atoms with Crippen molar-refractivity contribution in [2.75, 3.05) is 13.2 Å². The van der Waals surface area contributed by atoms with Gasteiger partial charge in [-0.05, 0) is 43.5 Å². The Hall–Kier alpha value is -1.02. The molecule has 0 bridgehead atoms. The summed E-state index contributed by atoms with van der Waals surface area (Å²) < 4.78 is 5.72. The van der Waals surface area contributed by atoms with E-state index in [1.807, 2.05) is 0 Å². The number of rotatable bonds is 12. The van der Waals surface area contributed by atoms with Crippen molar-refractivity contribution in [2.45, 2.75) is 71.8 Å². The molecule has 1 unspecified atom stereocenters. The highest BCUT2D eigenvalue weighted by Gasteiger charge is 2.08. The van der Waals surface area contributed by atoms with Crippen molar-refractivity contribution in [1.82, 2.24) is 5.32 Å². The standard InChI is InChI=1S/C19H33NO/c1-4-7-9-10-15-20-19(6-3)17-11-13-18(14-12-17)21-16-8-5-2/h11-14,19-20H,4-10,15-16H2,1-3H3. The van der Waals surface area contributed by atoms with Crippen LogP contribution in [0.2, 0.25) is 0 Å². The van der Waals surface area contributed by atoms with Gasteiger partial charge in [0.25, 0.3) is 0 Å². The van der Waals surface area contributed by atoms with Gasteiger partial charge in [0.1, 0.15) is 5.75 Å². The van der Waals surface area contributed by atoms with Gasteiger partial charge in [-0.2, -0.15) is 0 Å². The molecule has 0 aromatic heterocycles. The third kappa shape index (κ3) is 7.52. The maximum absolute atomic E-state index is 5.72. The van der Waals surface area contributed by atoms with Gasteiger partial charge in [-0.1, -0.05) is 58.6 Å². The molecule has 0 aliphatic carbocycles. The fraction of sp³-hybridized carbons (Fsp3) is 0.684. The van der Waals surface area contributed by atoms with Crippen LogP contribution < -0.4 is 10.1 Å². The Morgan fingerprint density at radius 1 is 0.905 bits per heavy atom. The summed E-state index contributed by atoms with van der Waals surface area (Å²) in [5, 5.41) is 3.68. The molecule has 0 aliphatic rings. The fourth-order valence-corrected chi connectivity index (χ4v) is 2.46. The second-order valence-corrected chi connectivity index (χ2v) is 5.75. The average Bonchev–Trinajstić information content (AvgIpc) is 2.52. The average molecular weight is 291 g/mol. The van der Waals surface area contributed by atoms with Gasteiger partial charge >= 0.3 is 0 Å². The number of nitrogens with one attached hydrogen (secondary N) is 1. The Bertz CT molecular complexity index is 347. The van der Waals surface area contributed by atoms with Gasteiger partial charge in [-0.15, -0.1) is 0 Å². The molecule has 0 saturated heterocycles. The third-order valence-corrected chi connectivity index (χ3v) is 3.88. The highest BCUT2D eigenvalue weighted by atomic mass is 16.5. The molecule has 0 heterocycles. The summed E-state index contributed by atoms with van der Waals surface area (Å²) in [6.45, 7) is 8.63. The minimum Gasteiger partial charge on any atom is -0.494 e. The molecule has 21 heavy (non-hydrogen) atoms. The molecule has 1 rings (SSSR count). The Labute approximate surface area is 131 Å². The summed E-state index contributed by atoms with van der Waals surface area (Å²) in [6, 6.07) is 9.08. The monoisotopic (exact) mass is 291 g/mol. The summed E-state index contributed by atoms with van der Waals surface area (Å²) in [7, 11) is 0. The van der Waals surface area contributed by atoms with Crippen LogP contribution in [0.4, 0.5) is 0 Å². The van der Waals surface area contributed by atoms with E-state index >= 15 is 0 Å². The maximum atomic E-state index is 5.72. The zero-order valence-corrected chi connectivity index (χ0v) is 14.2. The van der Waals surface area contributed by atoms with E-state index < -0.39 is 0 Å². The highest BCUT2D eigenvalue weighted by molar-refractivity contribution is 5.29. The normalized spacial score (nSPS) is 12.3. The smallest absolute Gasteiger partial charge is 0.119 e. The molecule has 0 amide bonds. The molecule has 2 nitrogen and oxygen atoms in total. The van der Waals surface area contributed by atoms with E-state index in [4.69, 9.17) is 4.74 Å². The van der Waals surface area contributed by atoms with Crippen LogP contribution in [0.5, 0.6) is 5.75 Å². The summed E-state index contributed by atoms with van der Waals surface area (Å²) in [6.07, 6.45) is 8.70. The van der Waals surface area contributed by atoms with E-state index in [2.05, 4.69) is 50.4 Å². The number of hydrogen-bond donors (Lipinski definition) is 1. The molecule has 0 fully saturated rings. The van der Waals surface area contributed by atoms with E-state index in [1.54, 1.807) is 0 Å². The maximum Gasteiger partial charge on any atom is 0.119 e. The zero-order chi connectivity index (χ0) is 15.3. The lowest BCUT2D eigenvalue weighted by atomic mass is 10.0. The SMILES string of the molecule is CCCCCCNC(CC)c1ccc(OCCCC)cc1. The van der Waals surface area contributed by atoms with Crippen molar-refractivity contribution in [2.24, 2.45) is 0 Å². The van der Waals surface area contributed by atoms with Crippen molar-refractivity contribution in [3.8, 4) is 5.75 Å². The molecule has 0 saturated carbocycles. The molecule has 0 aliphatic heterocycles. The number of ether oxygens (including phenoxy) is 1. The first-order valence-corrected chi connectivity index (χ1v) is 8.77. The Morgan fingerprint density at radius 3 is 2.24 bits per heavy atom. The molecule has 2 heteroatoms. The van der Waals surface area contributed by atoms with Crippen LogP contribution in [-0.2, 0) is 0 Å². The fourth-order valence-electron chi connectivity index (χ4n) is 2.46. The molecular weight excluding hydrogens is 258 g/mol.